The smallest absolute Gasteiger partial charge is 0.124 e. The molecule has 0 radical (unpaired) electrons. The van der Waals surface area contributed by atoms with Crippen molar-refractivity contribution in [3.63, 3.8) is 0 Å². The Bertz CT molecular complexity index is 437. The van der Waals surface area contributed by atoms with Gasteiger partial charge in [0.15, 0.2) is 0 Å². The van der Waals surface area contributed by atoms with Crippen molar-refractivity contribution < 1.29 is 4.74 Å². The van der Waals surface area contributed by atoms with Crippen LogP contribution in [-0.4, -0.2) is 31.1 Å². The van der Waals surface area contributed by atoms with E-state index in [1.54, 1.807) is 0 Å². The first-order chi connectivity index (χ1) is 10.1. The van der Waals surface area contributed by atoms with Crippen LogP contribution in [0.5, 0.6) is 5.75 Å². The van der Waals surface area contributed by atoms with Crippen molar-refractivity contribution in [2.45, 2.75) is 57.0 Å². The number of hydrogen-bond donors (Lipinski definition) is 1. The number of likely N-dealkylation sites (N-methyl/N-ethyl adjacent to an activating group) is 1. The van der Waals surface area contributed by atoms with Gasteiger partial charge in [-0.3, -0.25) is 0 Å². The van der Waals surface area contributed by atoms with Crippen LogP contribution in [0.15, 0.2) is 24.3 Å². The van der Waals surface area contributed by atoms with Crippen molar-refractivity contribution in [2.24, 2.45) is 5.73 Å². The largest absolute Gasteiger partial charge is 0.494 e. The van der Waals surface area contributed by atoms with Gasteiger partial charge in [0.05, 0.1) is 12.6 Å². The van der Waals surface area contributed by atoms with Crippen molar-refractivity contribution in [1.82, 2.24) is 4.90 Å². The molecular weight excluding hydrogens is 260 g/mol. The number of rotatable bonds is 5. The second-order valence-corrected chi connectivity index (χ2v) is 6.36. The normalized spacial score (nSPS) is 20.0. The molecule has 0 bridgehead atoms. The summed E-state index contributed by atoms with van der Waals surface area (Å²) in [6, 6.07) is 8.26. The summed E-state index contributed by atoms with van der Waals surface area (Å²) >= 11 is 0. The molecule has 0 amide bonds. The highest BCUT2D eigenvalue weighted by molar-refractivity contribution is 5.38. The Kier molecular flexibility index (Phi) is 5.65. The molecule has 3 heteroatoms. The zero-order chi connectivity index (χ0) is 15.3. The molecule has 0 saturated heterocycles. The highest BCUT2D eigenvalue weighted by Crippen LogP contribution is 2.42. The average molecular weight is 290 g/mol. The summed E-state index contributed by atoms with van der Waals surface area (Å²) in [7, 11) is 4.35. The summed E-state index contributed by atoms with van der Waals surface area (Å²) in [6.07, 6.45) is 7.53. The fraction of sp³-hybridized carbons (Fsp3) is 0.667. The number of para-hydroxylation sites is 1. The average Bonchev–Trinajstić information content (AvgIpc) is 2.74. The standard InChI is InChI=1S/C18H30N2O/c1-4-21-16-12-8-7-11-15(16)17(19)18(20(2)3)13-9-5-6-10-14-18/h7-8,11-12,17H,4-6,9-10,13-14,19H2,1-3H3. The van der Waals surface area contributed by atoms with E-state index in [0.717, 1.165) is 11.3 Å². The van der Waals surface area contributed by atoms with Gasteiger partial charge in [0.1, 0.15) is 5.75 Å². The van der Waals surface area contributed by atoms with Gasteiger partial charge in [0.25, 0.3) is 0 Å². The Morgan fingerprint density at radius 2 is 1.76 bits per heavy atom. The van der Waals surface area contributed by atoms with Crippen LogP contribution in [-0.2, 0) is 0 Å². The van der Waals surface area contributed by atoms with Crippen LogP contribution in [0.3, 0.4) is 0 Å². The second kappa shape index (κ2) is 7.28. The molecule has 118 valence electrons. The van der Waals surface area contributed by atoms with Crippen LogP contribution in [0.1, 0.15) is 57.1 Å². The summed E-state index contributed by atoms with van der Waals surface area (Å²) < 4.78 is 5.81. The van der Waals surface area contributed by atoms with E-state index in [1.807, 2.05) is 19.1 Å². The summed E-state index contributed by atoms with van der Waals surface area (Å²) in [5.41, 5.74) is 7.98. The van der Waals surface area contributed by atoms with E-state index in [4.69, 9.17) is 10.5 Å². The molecule has 0 aromatic heterocycles. The molecule has 1 fully saturated rings. The molecule has 21 heavy (non-hydrogen) atoms. The molecule has 1 atom stereocenters. The summed E-state index contributed by atoms with van der Waals surface area (Å²) in [4.78, 5) is 2.35. The van der Waals surface area contributed by atoms with Gasteiger partial charge in [-0.1, -0.05) is 43.9 Å². The first-order valence-corrected chi connectivity index (χ1v) is 8.26. The molecule has 2 rings (SSSR count). The van der Waals surface area contributed by atoms with E-state index in [2.05, 4.69) is 31.1 Å². The molecule has 0 heterocycles. The third-order valence-corrected chi connectivity index (χ3v) is 4.99. The number of nitrogens with zero attached hydrogens (tertiary/aromatic N) is 1. The first kappa shape index (κ1) is 16.3. The lowest BCUT2D eigenvalue weighted by molar-refractivity contribution is 0.0955. The van der Waals surface area contributed by atoms with Gasteiger partial charge in [-0.25, -0.2) is 0 Å². The first-order valence-electron chi connectivity index (χ1n) is 8.26. The van der Waals surface area contributed by atoms with E-state index < -0.39 is 0 Å². The van der Waals surface area contributed by atoms with E-state index >= 15 is 0 Å². The number of ether oxygens (including phenoxy) is 1. The lowest BCUT2D eigenvalue weighted by atomic mass is 9.78. The third kappa shape index (κ3) is 3.41. The maximum absolute atomic E-state index is 6.78. The zero-order valence-corrected chi connectivity index (χ0v) is 13.8. The Morgan fingerprint density at radius 1 is 1.14 bits per heavy atom. The minimum atomic E-state index is -0.00616. The van der Waals surface area contributed by atoms with Crippen molar-refractivity contribution >= 4 is 0 Å². The third-order valence-electron chi connectivity index (χ3n) is 4.99. The predicted molar refractivity (Wildman–Crippen MR) is 88.7 cm³/mol. The maximum atomic E-state index is 6.78. The van der Waals surface area contributed by atoms with Crippen LogP contribution in [0.25, 0.3) is 0 Å². The Morgan fingerprint density at radius 3 is 2.33 bits per heavy atom. The molecule has 0 spiro atoms. The van der Waals surface area contributed by atoms with Crippen LogP contribution in [0, 0.1) is 0 Å². The summed E-state index contributed by atoms with van der Waals surface area (Å²) in [5, 5.41) is 0. The van der Waals surface area contributed by atoms with E-state index in [9.17, 15) is 0 Å². The molecule has 1 aliphatic carbocycles. The Balaban J connectivity index is 2.36. The molecule has 1 aromatic rings. The molecule has 2 N–H and O–H groups in total. The number of hydrogen-bond acceptors (Lipinski definition) is 3. The van der Waals surface area contributed by atoms with Gasteiger partial charge < -0.3 is 15.4 Å². The zero-order valence-electron chi connectivity index (χ0n) is 13.8. The SMILES string of the molecule is CCOc1ccccc1C(N)C1(N(C)C)CCCCCC1. The van der Waals surface area contributed by atoms with Gasteiger partial charge in [-0.2, -0.15) is 0 Å². The van der Waals surface area contributed by atoms with Crippen LogP contribution < -0.4 is 10.5 Å². The van der Waals surface area contributed by atoms with E-state index in [0.29, 0.717) is 6.61 Å². The predicted octanol–water partition coefficient (Wildman–Crippen LogP) is 3.74. The van der Waals surface area contributed by atoms with Gasteiger partial charge in [0.2, 0.25) is 0 Å². The molecule has 1 aromatic carbocycles. The van der Waals surface area contributed by atoms with Gasteiger partial charge >= 0.3 is 0 Å². The molecule has 1 aliphatic rings. The molecule has 3 nitrogen and oxygen atoms in total. The van der Waals surface area contributed by atoms with Crippen molar-refractivity contribution in [3.8, 4) is 5.75 Å². The molecule has 1 unspecified atom stereocenters. The Hall–Kier alpha value is -1.06. The highest BCUT2D eigenvalue weighted by atomic mass is 16.5. The van der Waals surface area contributed by atoms with Gasteiger partial charge in [-0.05, 0) is 39.9 Å². The second-order valence-electron chi connectivity index (χ2n) is 6.36. The van der Waals surface area contributed by atoms with Crippen molar-refractivity contribution in [3.05, 3.63) is 29.8 Å². The minimum Gasteiger partial charge on any atom is -0.494 e. The van der Waals surface area contributed by atoms with Crippen LogP contribution in [0.2, 0.25) is 0 Å². The maximum Gasteiger partial charge on any atom is 0.124 e. The van der Waals surface area contributed by atoms with E-state index in [1.165, 1.54) is 38.5 Å². The summed E-state index contributed by atoms with van der Waals surface area (Å²) in [6.45, 7) is 2.70. The quantitative estimate of drug-likeness (QED) is 0.840. The van der Waals surface area contributed by atoms with Crippen LogP contribution >= 0.6 is 0 Å². The summed E-state index contributed by atoms with van der Waals surface area (Å²) in [5.74, 6) is 0.943. The van der Waals surface area contributed by atoms with Crippen LogP contribution in [0.4, 0.5) is 0 Å². The fourth-order valence-electron chi connectivity index (χ4n) is 3.69. The number of nitrogens with two attached hydrogens (primary N) is 1. The molecule has 1 saturated carbocycles. The lowest BCUT2D eigenvalue weighted by Crippen LogP contribution is -2.52. The van der Waals surface area contributed by atoms with Gasteiger partial charge in [0, 0.05) is 11.1 Å². The topological polar surface area (TPSA) is 38.5 Å². The van der Waals surface area contributed by atoms with Crippen molar-refractivity contribution in [2.75, 3.05) is 20.7 Å². The highest BCUT2D eigenvalue weighted by Gasteiger charge is 2.40. The number of benzene rings is 1. The monoisotopic (exact) mass is 290 g/mol. The molecule has 0 aliphatic heterocycles. The molecular formula is C18H30N2O. The lowest BCUT2D eigenvalue weighted by Gasteiger charge is -2.44. The van der Waals surface area contributed by atoms with Crippen molar-refractivity contribution in [1.29, 1.82) is 0 Å². The Labute approximate surface area is 129 Å². The van der Waals surface area contributed by atoms with Gasteiger partial charge in [-0.15, -0.1) is 0 Å². The fourth-order valence-corrected chi connectivity index (χ4v) is 3.69. The minimum absolute atomic E-state index is 0.00616. The van der Waals surface area contributed by atoms with E-state index in [-0.39, 0.29) is 11.6 Å².